The van der Waals surface area contributed by atoms with E-state index in [0.717, 1.165) is 38.3 Å². The molecule has 1 aliphatic heterocycles. The van der Waals surface area contributed by atoms with Gasteiger partial charge in [-0.3, -0.25) is 9.69 Å². The molecule has 1 aliphatic carbocycles. The molecule has 2 aliphatic rings. The number of rotatable bonds is 5. The van der Waals surface area contributed by atoms with Crippen molar-refractivity contribution in [1.82, 2.24) is 24.6 Å². The van der Waals surface area contributed by atoms with Crippen LogP contribution in [-0.4, -0.2) is 63.2 Å². The summed E-state index contributed by atoms with van der Waals surface area (Å²) in [6.07, 6.45) is 10.2. The highest BCUT2D eigenvalue weighted by molar-refractivity contribution is 5.78. The van der Waals surface area contributed by atoms with Crippen LogP contribution in [0.25, 0.3) is 0 Å². The molecule has 0 N–H and O–H groups in total. The summed E-state index contributed by atoms with van der Waals surface area (Å²) in [7, 11) is 1.99. The van der Waals surface area contributed by atoms with Gasteiger partial charge in [-0.2, -0.15) is 0 Å². The largest absolute Gasteiger partial charge is 0.342 e. The lowest BCUT2D eigenvalue weighted by Crippen LogP contribution is -2.46. The normalized spacial score (nSPS) is 21.1. The molecule has 6 heteroatoms. The van der Waals surface area contributed by atoms with E-state index in [1.165, 1.54) is 32.1 Å². The number of likely N-dealkylation sites (N-methyl/N-ethyl adjacent to an activating group) is 1. The number of hydrogen-bond donors (Lipinski definition) is 0. The lowest BCUT2D eigenvalue weighted by Gasteiger charge is -2.35. The average molecular weight is 333 g/mol. The van der Waals surface area contributed by atoms with Crippen molar-refractivity contribution in [2.45, 2.75) is 70.4 Å². The first kappa shape index (κ1) is 17.4. The van der Waals surface area contributed by atoms with Gasteiger partial charge in [0.1, 0.15) is 12.2 Å². The van der Waals surface area contributed by atoms with E-state index in [-0.39, 0.29) is 5.91 Å². The molecule has 0 spiro atoms. The first-order valence-corrected chi connectivity index (χ1v) is 9.54. The summed E-state index contributed by atoms with van der Waals surface area (Å²) in [5.74, 6) is 1.88. The number of carbonyl (C=O) groups is 1. The Bertz CT molecular complexity index is 529. The van der Waals surface area contributed by atoms with Crippen molar-refractivity contribution in [2.75, 3.05) is 26.7 Å². The third-order valence-electron chi connectivity index (χ3n) is 5.81. The topological polar surface area (TPSA) is 54.3 Å². The third kappa shape index (κ3) is 3.97. The van der Waals surface area contributed by atoms with Crippen LogP contribution >= 0.6 is 0 Å². The molecule has 24 heavy (non-hydrogen) atoms. The van der Waals surface area contributed by atoms with E-state index in [2.05, 4.69) is 26.6 Å². The van der Waals surface area contributed by atoms with Gasteiger partial charge in [0.05, 0.1) is 6.54 Å². The molecule has 1 saturated carbocycles. The van der Waals surface area contributed by atoms with E-state index in [1.807, 2.05) is 18.3 Å². The molecule has 0 aromatic carbocycles. The Labute approximate surface area is 145 Å². The van der Waals surface area contributed by atoms with Crippen LogP contribution in [0.3, 0.4) is 0 Å². The van der Waals surface area contributed by atoms with Crippen LogP contribution < -0.4 is 0 Å². The molecule has 1 saturated heterocycles. The fraction of sp³-hybridized carbons (Fsp3) is 0.833. The van der Waals surface area contributed by atoms with Gasteiger partial charge in [0.15, 0.2) is 0 Å². The molecule has 6 nitrogen and oxygen atoms in total. The standard InChI is InChI=1S/C18H31N5O/c1-3-23-14-19-20-18(23)15-9-11-22(12-10-15)13-17(24)21(2)16-7-5-4-6-8-16/h14-16H,3-13H2,1-2H3. The second kappa shape index (κ2) is 8.10. The van der Waals surface area contributed by atoms with Gasteiger partial charge in [0, 0.05) is 25.6 Å². The summed E-state index contributed by atoms with van der Waals surface area (Å²) in [5.41, 5.74) is 0. The van der Waals surface area contributed by atoms with Gasteiger partial charge in [-0.15, -0.1) is 10.2 Å². The number of likely N-dealkylation sites (tertiary alicyclic amines) is 1. The van der Waals surface area contributed by atoms with Crippen molar-refractivity contribution in [3.05, 3.63) is 12.2 Å². The molecular formula is C18H31N5O. The monoisotopic (exact) mass is 333 g/mol. The van der Waals surface area contributed by atoms with Crippen LogP contribution in [-0.2, 0) is 11.3 Å². The molecule has 2 fully saturated rings. The molecule has 0 unspecified atom stereocenters. The van der Waals surface area contributed by atoms with E-state index in [9.17, 15) is 4.79 Å². The maximum atomic E-state index is 12.6. The molecule has 1 aromatic heterocycles. The van der Waals surface area contributed by atoms with Gasteiger partial charge in [-0.05, 0) is 45.7 Å². The van der Waals surface area contributed by atoms with Crippen LogP contribution in [0.15, 0.2) is 6.33 Å². The first-order chi connectivity index (χ1) is 11.7. The smallest absolute Gasteiger partial charge is 0.236 e. The number of carbonyl (C=O) groups excluding carboxylic acids is 1. The molecule has 3 rings (SSSR count). The highest BCUT2D eigenvalue weighted by atomic mass is 16.2. The zero-order chi connectivity index (χ0) is 16.9. The average Bonchev–Trinajstić information content (AvgIpc) is 3.11. The van der Waals surface area contributed by atoms with E-state index < -0.39 is 0 Å². The minimum absolute atomic E-state index is 0.289. The lowest BCUT2D eigenvalue weighted by atomic mass is 9.94. The van der Waals surface area contributed by atoms with Crippen molar-refractivity contribution >= 4 is 5.91 Å². The van der Waals surface area contributed by atoms with Gasteiger partial charge < -0.3 is 9.47 Å². The fourth-order valence-electron chi connectivity index (χ4n) is 4.15. The molecule has 0 radical (unpaired) electrons. The van der Waals surface area contributed by atoms with Crippen LogP contribution in [0, 0.1) is 0 Å². The maximum Gasteiger partial charge on any atom is 0.236 e. The van der Waals surface area contributed by atoms with Gasteiger partial charge in [-0.1, -0.05) is 19.3 Å². The quantitative estimate of drug-likeness (QED) is 0.829. The van der Waals surface area contributed by atoms with Gasteiger partial charge in [0.2, 0.25) is 5.91 Å². The van der Waals surface area contributed by atoms with Gasteiger partial charge >= 0.3 is 0 Å². The van der Waals surface area contributed by atoms with E-state index in [1.54, 1.807) is 0 Å². The minimum atomic E-state index is 0.289. The minimum Gasteiger partial charge on any atom is -0.342 e. The van der Waals surface area contributed by atoms with Crippen molar-refractivity contribution in [1.29, 1.82) is 0 Å². The summed E-state index contributed by atoms with van der Waals surface area (Å²) in [4.78, 5) is 16.9. The zero-order valence-corrected chi connectivity index (χ0v) is 15.2. The van der Waals surface area contributed by atoms with Crippen molar-refractivity contribution in [3.63, 3.8) is 0 Å². The number of aryl methyl sites for hydroxylation is 1. The maximum absolute atomic E-state index is 12.6. The Morgan fingerprint density at radius 2 is 1.92 bits per heavy atom. The lowest BCUT2D eigenvalue weighted by molar-refractivity contribution is -0.134. The van der Waals surface area contributed by atoms with Crippen LogP contribution in [0.5, 0.6) is 0 Å². The Morgan fingerprint density at radius 1 is 1.21 bits per heavy atom. The van der Waals surface area contributed by atoms with E-state index in [0.29, 0.717) is 18.5 Å². The Hall–Kier alpha value is -1.43. The second-order valence-electron chi connectivity index (χ2n) is 7.32. The SMILES string of the molecule is CCn1cnnc1C1CCN(CC(=O)N(C)C2CCCCC2)CC1. The molecule has 0 atom stereocenters. The number of hydrogen-bond acceptors (Lipinski definition) is 4. The number of aromatic nitrogens is 3. The summed E-state index contributed by atoms with van der Waals surface area (Å²) in [5, 5.41) is 8.35. The van der Waals surface area contributed by atoms with E-state index >= 15 is 0 Å². The highest BCUT2D eigenvalue weighted by Gasteiger charge is 2.27. The molecule has 1 amide bonds. The van der Waals surface area contributed by atoms with Crippen molar-refractivity contribution in [2.24, 2.45) is 0 Å². The van der Waals surface area contributed by atoms with Crippen molar-refractivity contribution in [3.8, 4) is 0 Å². The molecular weight excluding hydrogens is 302 g/mol. The first-order valence-electron chi connectivity index (χ1n) is 9.54. The Balaban J connectivity index is 1.47. The number of nitrogens with zero attached hydrogens (tertiary/aromatic N) is 5. The molecule has 1 aromatic rings. The Kier molecular flexibility index (Phi) is 5.87. The number of piperidine rings is 1. The van der Waals surface area contributed by atoms with E-state index in [4.69, 9.17) is 0 Å². The summed E-state index contributed by atoms with van der Waals surface area (Å²) >= 11 is 0. The van der Waals surface area contributed by atoms with Crippen molar-refractivity contribution < 1.29 is 4.79 Å². The summed E-state index contributed by atoms with van der Waals surface area (Å²) in [6.45, 7) is 5.58. The number of amides is 1. The molecule has 134 valence electrons. The Morgan fingerprint density at radius 3 is 2.58 bits per heavy atom. The van der Waals surface area contributed by atoms with Crippen LogP contribution in [0.4, 0.5) is 0 Å². The summed E-state index contributed by atoms with van der Waals surface area (Å²) < 4.78 is 2.14. The van der Waals surface area contributed by atoms with Gasteiger partial charge in [-0.25, -0.2) is 0 Å². The molecule has 2 heterocycles. The van der Waals surface area contributed by atoms with Gasteiger partial charge in [0.25, 0.3) is 0 Å². The van der Waals surface area contributed by atoms with Crippen LogP contribution in [0.2, 0.25) is 0 Å². The zero-order valence-electron chi connectivity index (χ0n) is 15.2. The second-order valence-corrected chi connectivity index (χ2v) is 7.32. The molecule has 0 bridgehead atoms. The van der Waals surface area contributed by atoms with Crippen LogP contribution in [0.1, 0.15) is 63.6 Å². The predicted octanol–water partition coefficient (Wildman–Crippen LogP) is 2.27. The predicted molar refractivity (Wildman–Crippen MR) is 93.8 cm³/mol. The fourth-order valence-corrected chi connectivity index (χ4v) is 4.15. The third-order valence-corrected chi connectivity index (χ3v) is 5.81. The summed E-state index contributed by atoms with van der Waals surface area (Å²) in [6, 6.07) is 0.465. The highest BCUT2D eigenvalue weighted by Crippen LogP contribution is 2.27.